The normalized spacial score (nSPS) is 38.2. The number of likely N-dealkylation sites (tertiary alicyclic amines) is 1. The summed E-state index contributed by atoms with van der Waals surface area (Å²) in [5, 5.41) is 0. The molecule has 0 aromatic rings. The van der Waals surface area contributed by atoms with Crippen LogP contribution in [0.5, 0.6) is 0 Å². The first-order valence-electron chi connectivity index (χ1n) is 7.29. The largest absolute Gasteiger partial charge is 0.327 e. The maximum atomic E-state index is 6.08. The highest BCUT2D eigenvalue weighted by Gasteiger charge is 2.26. The summed E-state index contributed by atoms with van der Waals surface area (Å²) in [5.41, 5.74) is 6.08. The highest BCUT2D eigenvalue weighted by Crippen LogP contribution is 2.29. The SMILES string of the molecule is CCC1CCCC(N2CCCC(N)C2)CC1. The Balaban J connectivity index is 1.84. The van der Waals surface area contributed by atoms with E-state index in [2.05, 4.69) is 11.8 Å². The quantitative estimate of drug-likeness (QED) is 0.731. The molecule has 3 unspecified atom stereocenters. The fraction of sp³-hybridized carbons (Fsp3) is 1.00. The molecule has 0 radical (unpaired) electrons. The van der Waals surface area contributed by atoms with Gasteiger partial charge in [0, 0.05) is 18.6 Å². The van der Waals surface area contributed by atoms with Gasteiger partial charge in [0.1, 0.15) is 0 Å². The van der Waals surface area contributed by atoms with Crippen LogP contribution in [-0.4, -0.2) is 30.1 Å². The molecule has 1 aliphatic heterocycles. The monoisotopic (exact) mass is 224 g/mol. The van der Waals surface area contributed by atoms with Crippen LogP contribution in [0.3, 0.4) is 0 Å². The smallest absolute Gasteiger partial charge is 0.0168 e. The minimum atomic E-state index is 0.443. The van der Waals surface area contributed by atoms with Crippen molar-refractivity contribution in [2.75, 3.05) is 13.1 Å². The Morgan fingerprint density at radius 3 is 2.69 bits per heavy atom. The lowest BCUT2D eigenvalue weighted by atomic mass is 9.97. The summed E-state index contributed by atoms with van der Waals surface area (Å²) in [4.78, 5) is 2.69. The van der Waals surface area contributed by atoms with Crippen molar-refractivity contribution in [2.24, 2.45) is 11.7 Å². The van der Waals surface area contributed by atoms with Gasteiger partial charge in [-0.05, 0) is 44.6 Å². The van der Waals surface area contributed by atoms with E-state index in [9.17, 15) is 0 Å². The van der Waals surface area contributed by atoms with Crippen LogP contribution < -0.4 is 5.73 Å². The number of hydrogen-bond donors (Lipinski definition) is 1. The van der Waals surface area contributed by atoms with Gasteiger partial charge in [0.2, 0.25) is 0 Å². The highest BCUT2D eigenvalue weighted by molar-refractivity contribution is 4.83. The van der Waals surface area contributed by atoms with Crippen LogP contribution in [0.15, 0.2) is 0 Å². The number of hydrogen-bond acceptors (Lipinski definition) is 2. The third-order valence-corrected chi connectivity index (χ3v) is 4.64. The zero-order valence-electron chi connectivity index (χ0n) is 10.8. The summed E-state index contributed by atoms with van der Waals surface area (Å²) >= 11 is 0. The molecule has 2 N–H and O–H groups in total. The van der Waals surface area contributed by atoms with Gasteiger partial charge < -0.3 is 5.73 Å². The molecule has 1 saturated heterocycles. The molecule has 2 fully saturated rings. The van der Waals surface area contributed by atoms with Crippen LogP contribution in [0.4, 0.5) is 0 Å². The Morgan fingerprint density at radius 2 is 1.94 bits per heavy atom. The van der Waals surface area contributed by atoms with Gasteiger partial charge in [-0.25, -0.2) is 0 Å². The topological polar surface area (TPSA) is 29.3 Å². The molecule has 0 amide bonds. The van der Waals surface area contributed by atoms with E-state index in [4.69, 9.17) is 5.73 Å². The molecule has 94 valence electrons. The Labute approximate surface area is 101 Å². The minimum absolute atomic E-state index is 0.443. The van der Waals surface area contributed by atoms with Crippen molar-refractivity contribution in [1.82, 2.24) is 4.90 Å². The summed E-state index contributed by atoms with van der Waals surface area (Å²) in [5.74, 6) is 1.00. The molecule has 2 rings (SSSR count). The second-order valence-electron chi connectivity index (χ2n) is 5.83. The van der Waals surface area contributed by atoms with Gasteiger partial charge in [-0.1, -0.05) is 26.2 Å². The van der Waals surface area contributed by atoms with E-state index >= 15 is 0 Å². The molecule has 0 aromatic carbocycles. The van der Waals surface area contributed by atoms with E-state index in [1.807, 2.05) is 0 Å². The lowest BCUT2D eigenvalue weighted by molar-refractivity contribution is 0.135. The maximum Gasteiger partial charge on any atom is 0.0168 e. The molecular weight excluding hydrogens is 196 g/mol. The maximum absolute atomic E-state index is 6.08. The highest BCUT2D eigenvalue weighted by atomic mass is 15.2. The summed E-state index contributed by atoms with van der Waals surface area (Å²) < 4.78 is 0. The van der Waals surface area contributed by atoms with Crippen LogP contribution in [0.1, 0.15) is 58.3 Å². The standard InChI is InChI=1S/C14H28N2/c1-2-12-5-3-7-14(9-8-12)16-10-4-6-13(15)11-16/h12-14H,2-11,15H2,1H3. The predicted octanol–water partition coefficient (Wildman–Crippen LogP) is 2.77. The van der Waals surface area contributed by atoms with Gasteiger partial charge in [0.15, 0.2) is 0 Å². The third kappa shape index (κ3) is 3.21. The number of nitrogens with two attached hydrogens (primary N) is 1. The van der Waals surface area contributed by atoms with Gasteiger partial charge >= 0.3 is 0 Å². The van der Waals surface area contributed by atoms with Crippen LogP contribution in [0, 0.1) is 5.92 Å². The van der Waals surface area contributed by atoms with Crippen molar-refractivity contribution in [3.05, 3.63) is 0 Å². The van der Waals surface area contributed by atoms with Gasteiger partial charge in [0.05, 0.1) is 0 Å². The predicted molar refractivity (Wildman–Crippen MR) is 69.4 cm³/mol. The van der Waals surface area contributed by atoms with Crippen LogP contribution >= 0.6 is 0 Å². The van der Waals surface area contributed by atoms with E-state index in [1.165, 1.54) is 57.9 Å². The molecule has 16 heavy (non-hydrogen) atoms. The van der Waals surface area contributed by atoms with Gasteiger partial charge in [0.25, 0.3) is 0 Å². The Hall–Kier alpha value is -0.0800. The summed E-state index contributed by atoms with van der Waals surface area (Å²) in [6.45, 7) is 4.80. The van der Waals surface area contributed by atoms with Gasteiger partial charge in [-0.3, -0.25) is 4.90 Å². The molecule has 1 saturated carbocycles. The van der Waals surface area contributed by atoms with E-state index in [0.29, 0.717) is 6.04 Å². The van der Waals surface area contributed by atoms with Crippen molar-refractivity contribution in [3.63, 3.8) is 0 Å². The summed E-state index contributed by atoms with van der Waals surface area (Å²) in [6, 6.07) is 1.29. The second kappa shape index (κ2) is 6.02. The Morgan fingerprint density at radius 1 is 1.06 bits per heavy atom. The zero-order valence-corrected chi connectivity index (χ0v) is 10.8. The molecule has 0 spiro atoms. The molecule has 3 atom stereocenters. The summed E-state index contributed by atoms with van der Waals surface area (Å²) in [6.07, 6.45) is 11.1. The van der Waals surface area contributed by atoms with Gasteiger partial charge in [-0.2, -0.15) is 0 Å². The van der Waals surface area contributed by atoms with E-state index in [1.54, 1.807) is 0 Å². The molecule has 2 nitrogen and oxygen atoms in total. The molecular formula is C14H28N2. The number of nitrogens with zero attached hydrogens (tertiary/aromatic N) is 1. The van der Waals surface area contributed by atoms with Crippen molar-refractivity contribution in [2.45, 2.75) is 70.4 Å². The first-order chi connectivity index (χ1) is 7.79. The van der Waals surface area contributed by atoms with Gasteiger partial charge in [-0.15, -0.1) is 0 Å². The zero-order chi connectivity index (χ0) is 11.4. The third-order valence-electron chi connectivity index (χ3n) is 4.64. The first-order valence-corrected chi connectivity index (χ1v) is 7.29. The van der Waals surface area contributed by atoms with Crippen LogP contribution in [0.2, 0.25) is 0 Å². The fourth-order valence-corrected chi connectivity index (χ4v) is 3.50. The van der Waals surface area contributed by atoms with Crippen molar-refractivity contribution in [3.8, 4) is 0 Å². The van der Waals surface area contributed by atoms with E-state index < -0.39 is 0 Å². The lowest BCUT2D eigenvalue weighted by Crippen LogP contribution is -2.47. The molecule has 0 bridgehead atoms. The van der Waals surface area contributed by atoms with Crippen LogP contribution in [0.25, 0.3) is 0 Å². The molecule has 2 heteroatoms. The van der Waals surface area contributed by atoms with Crippen molar-refractivity contribution < 1.29 is 0 Å². The molecule has 2 aliphatic rings. The van der Waals surface area contributed by atoms with Crippen molar-refractivity contribution >= 4 is 0 Å². The number of piperidine rings is 1. The van der Waals surface area contributed by atoms with Crippen LogP contribution in [-0.2, 0) is 0 Å². The Bertz CT molecular complexity index is 205. The van der Waals surface area contributed by atoms with Crippen molar-refractivity contribution in [1.29, 1.82) is 0 Å². The summed E-state index contributed by atoms with van der Waals surface area (Å²) in [7, 11) is 0. The average molecular weight is 224 g/mol. The second-order valence-corrected chi connectivity index (χ2v) is 5.83. The van der Waals surface area contributed by atoms with E-state index in [0.717, 1.165) is 18.5 Å². The molecule has 1 heterocycles. The number of rotatable bonds is 2. The first kappa shape index (κ1) is 12.4. The van der Waals surface area contributed by atoms with E-state index in [-0.39, 0.29) is 0 Å². The Kier molecular flexibility index (Phi) is 4.66. The molecule has 1 aliphatic carbocycles. The fourth-order valence-electron chi connectivity index (χ4n) is 3.50. The average Bonchev–Trinajstić information content (AvgIpc) is 2.54. The minimum Gasteiger partial charge on any atom is -0.327 e. The molecule has 0 aromatic heterocycles. The lowest BCUT2D eigenvalue weighted by Gasteiger charge is -2.37.